The van der Waals surface area contributed by atoms with Crippen LogP contribution >= 0.6 is 0 Å². The van der Waals surface area contributed by atoms with Crippen LogP contribution in [-0.2, 0) is 4.79 Å². The number of nitrogens with one attached hydrogen (secondary N) is 1. The molecule has 2 aliphatic rings. The number of rotatable bonds is 7. The molecule has 0 saturated carbocycles. The number of nitrogens with zero attached hydrogens (tertiary/aromatic N) is 2. The van der Waals surface area contributed by atoms with E-state index < -0.39 is 6.04 Å². The molecule has 43 heavy (non-hydrogen) atoms. The van der Waals surface area contributed by atoms with Gasteiger partial charge in [0.1, 0.15) is 5.75 Å². The van der Waals surface area contributed by atoms with E-state index in [1.807, 2.05) is 83.8 Å². The van der Waals surface area contributed by atoms with Crippen LogP contribution in [0.15, 0.2) is 114 Å². The standard InChI is InChI=1S/C37H37N3O3/c1-4-39(5-2)29-19-15-26(16-20-29)36-35-32(23-28(24-34(35)41)25-17-21-30(43-3)22-18-25)38-31-13-9-10-14-33(31)40(36)37(42)27-11-7-6-8-12-27/h6-22,28,36,38H,4-5,23-24H2,1-3H3/t28-,36+/m1/s1. The van der Waals surface area contributed by atoms with Crippen molar-refractivity contribution in [2.45, 2.75) is 38.6 Å². The Morgan fingerprint density at radius 3 is 2.16 bits per heavy atom. The number of hydrogen-bond acceptors (Lipinski definition) is 5. The SMILES string of the molecule is CCN(CC)c1ccc([C@H]2C3=C(C[C@@H](c4ccc(OC)cc4)CC3=O)Nc3ccccc3N2C(=O)c2ccccc2)cc1. The molecule has 0 saturated heterocycles. The number of benzene rings is 4. The van der Waals surface area contributed by atoms with E-state index in [4.69, 9.17) is 4.74 Å². The van der Waals surface area contributed by atoms with Crippen molar-refractivity contribution >= 4 is 28.8 Å². The van der Waals surface area contributed by atoms with Gasteiger partial charge in [-0.2, -0.15) is 0 Å². The predicted molar refractivity (Wildman–Crippen MR) is 173 cm³/mol. The summed E-state index contributed by atoms with van der Waals surface area (Å²) in [5.41, 5.74) is 6.77. The minimum atomic E-state index is -0.589. The maximum Gasteiger partial charge on any atom is 0.259 e. The van der Waals surface area contributed by atoms with Crippen LogP contribution in [0.2, 0.25) is 0 Å². The number of hydrogen-bond donors (Lipinski definition) is 1. The Kier molecular flexibility index (Phi) is 8.01. The highest BCUT2D eigenvalue weighted by Gasteiger charge is 2.42. The van der Waals surface area contributed by atoms with E-state index in [-0.39, 0.29) is 17.6 Å². The van der Waals surface area contributed by atoms with Crippen LogP contribution < -0.4 is 19.9 Å². The van der Waals surface area contributed by atoms with Crippen molar-refractivity contribution in [1.29, 1.82) is 0 Å². The molecule has 6 heteroatoms. The number of ether oxygens (including phenoxy) is 1. The maximum atomic E-state index is 14.4. The number of carbonyl (C=O) groups is 2. The second kappa shape index (κ2) is 12.2. The van der Waals surface area contributed by atoms with Crippen LogP contribution in [0.25, 0.3) is 0 Å². The molecule has 218 valence electrons. The van der Waals surface area contributed by atoms with Crippen LogP contribution in [0.3, 0.4) is 0 Å². The Labute approximate surface area is 253 Å². The number of anilines is 3. The summed E-state index contributed by atoms with van der Waals surface area (Å²) in [4.78, 5) is 32.9. The van der Waals surface area contributed by atoms with Gasteiger partial charge in [0.05, 0.1) is 24.5 Å². The van der Waals surface area contributed by atoms with Gasteiger partial charge in [-0.25, -0.2) is 0 Å². The Bertz CT molecular complexity index is 1640. The minimum Gasteiger partial charge on any atom is -0.497 e. The first-order valence-electron chi connectivity index (χ1n) is 15.0. The van der Waals surface area contributed by atoms with Gasteiger partial charge in [0.25, 0.3) is 5.91 Å². The van der Waals surface area contributed by atoms with Gasteiger partial charge in [-0.3, -0.25) is 14.5 Å². The molecule has 0 unspecified atom stereocenters. The number of carbonyl (C=O) groups excluding carboxylic acids is 2. The molecule has 0 radical (unpaired) electrons. The normalized spacial score (nSPS) is 17.8. The summed E-state index contributed by atoms with van der Waals surface area (Å²) < 4.78 is 5.36. The smallest absolute Gasteiger partial charge is 0.259 e. The van der Waals surface area contributed by atoms with Gasteiger partial charge in [0.15, 0.2) is 5.78 Å². The summed E-state index contributed by atoms with van der Waals surface area (Å²) >= 11 is 0. The van der Waals surface area contributed by atoms with Crippen molar-refractivity contribution in [1.82, 2.24) is 0 Å². The van der Waals surface area contributed by atoms with E-state index >= 15 is 0 Å². The van der Waals surface area contributed by atoms with Gasteiger partial charge < -0.3 is 15.0 Å². The van der Waals surface area contributed by atoms with Crippen molar-refractivity contribution < 1.29 is 14.3 Å². The van der Waals surface area contributed by atoms with Gasteiger partial charge in [-0.1, -0.05) is 54.6 Å². The number of fused-ring (bicyclic) bond motifs is 1. The summed E-state index contributed by atoms with van der Waals surface area (Å²) in [6.45, 7) is 6.08. The van der Waals surface area contributed by atoms with Crippen molar-refractivity contribution in [3.63, 3.8) is 0 Å². The molecule has 1 amide bonds. The molecule has 1 aliphatic heterocycles. The molecule has 2 atom stereocenters. The monoisotopic (exact) mass is 571 g/mol. The fourth-order valence-electron chi connectivity index (χ4n) is 6.42. The summed E-state index contributed by atoms with van der Waals surface area (Å²) in [7, 11) is 1.65. The van der Waals surface area contributed by atoms with Crippen LogP contribution in [0.1, 0.15) is 60.1 Å². The van der Waals surface area contributed by atoms with Crippen molar-refractivity contribution in [3.05, 3.63) is 131 Å². The zero-order chi connectivity index (χ0) is 29.9. The first-order valence-corrected chi connectivity index (χ1v) is 15.0. The van der Waals surface area contributed by atoms with Gasteiger partial charge in [-0.15, -0.1) is 0 Å². The van der Waals surface area contributed by atoms with Crippen LogP contribution in [0.5, 0.6) is 5.75 Å². The molecule has 1 heterocycles. The van der Waals surface area contributed by atoms with Gasteiger partial charge >= 0.3 is 0 Å². The van der Waals surface area contributed by atoms with E-state index in [1.165, 1.54) is 0 Å². The first-order chi connectivity index (χ1) is 21.0. The molecule has 0 spiro atoms. The lowest BCUT2D eigenvalue weighted by molar-refractivity contribution is -0.116. The van der Waals surface area contributed by atoms with E-state index in [0.29, 0.717) is 24.0 Å². The third kappa shape index (κ3) is 5.41. The van der Waals surface area contributed by atoms with E-state index in [1.54, 1.807) is 7.11 Å². The number of allylic oxidation sites excluding steroid dienone is 1. The van der Waals surface area contributed by atoms with E-state index in [2.05, 4.69) is 48.3 Å². The topological polar surface area (TPSA) is 61.9 Å². The van der Waals surface area contributed by atoms with Crippen LogP contribution in [0, 0.1) is 0 Å². The largest absolute Gasteiger partial charge is 0.497 e. The number of amides is 1. The Morgan fingerprint density at radius 2 is 1.49 bits per heavy atom. The molecule has 6 nitrogen and oxygen atoms in total. The van der Waals surface area contributed by atoms with E-state index in [9.17, 15) is 9.59 Å². The Balaban J connectivity index is 1.52. The molecule has 0 fully saturated rings. The van der Waals surface area contributed by atoms with Crippen molar-refractivity contribution in [2.24, 2.45) is 0 Å². The highest BCUT2D eigenvalue weighted by Crippen LogP contribution is 2.48. The lowest BCUT2D eigenvalue weighted by Crippen LogP contribution is -2.38. The van der Waals surface area contributed by atoms with E-state index in [0.717, 1.165) is 52.7 Å². The number of para-hydroxylation sites is 2. The predicted octanol–water partition coefficient (Wildman–Crippen LogP) is 7.76. The average molecular weight is 572 g/mol. The van der Waals surface area contributed by atoms with Gasteiger partial charge in [-0.05, 0) is 85.8 Å². The third-order valence-corrected chi connectivity index (χ3v) is 8.65. The van der Waals surface area contributed by atoms with Crippen molar-refractivity contribution in [3.8, 4) is 5.75 Å². The average Bonchev–Trinajstić information content (AvgIpc) is 3.20. The maximum absolute atomic E-state index is 14.4. The van der Waals surface area contributed by atoms with Crippen LogP contribution in [0.4, 0.5) is 17.1 Å². The molecule has 4 aromatic carbocycles. The quantitative estimate of drug-likeness (QED) is 0.246. The summed E-state index contributed by atoms with van der Waals surface area (Å²) in [5.74, 6) is 0.701. The zero-order valence-electron chi connectivity index (χ0n) is 24.9. The molecule has 1 N–H and O–H groups in total. The lowest BCUT2D eigenvalue weighted by Gasteiger charge is -2.35. The van der Waals surface area contributed by atoms with Crippen LogP contribution in [-0.4, -0.2) is 31.9 Å². The Hall–Kier alpha value is -4.84. The van der Waals surface area contributed by atoms with Gasteiger partial charge in [0.2, 0.25) is 0 Å². The first kappa shape index (κ1) is 28.3. The highest BCUT2D eigenvalue weighted by molar-refractivity contribution is 6.12. The third-order valence-electron chi connectivity index (χ3n) is 8.65. The van der Waals surface area contributed by atoms with Gasteiger partial charge in [0, 0.05) is 42.0 Å². The molecule has 0 aromatic heterocycles. The molecule has 4 aromatic rings. The fraction of sp³-hybridized carbons (Fsp3) is 0.243. The zero-order valence-corrected chi connectivity index (χ0v) is 24.9. The number of ketones is 1. The summed E-state index contributed by atoms with van der Waals surface area (Å²) in [5, 5.41) is 3.63. The molecule has 0 bridgehead atoms. The minimum absolute atomic E-state index is 0.0129. The number of Topliss-reactive ketones (excluding diaryl/α,β-unsaturated/α-hetero) is 1. The Morgan fingerprint density at radius 1 is 0.837 bits per heavy atom. The fourth-order valence-corrected chi connectivity index (χ4v) is 6.42. The van der Waals surface area contributed by atoms with Crippen molar-refractivity contribution in [2.75, 3.05) is 35.3 Å². The molecular weight excluding hydrogens is 534 g/mol. The summed E-state index contributed by atoms with van der Waals surface area (Å²) in [6, 6.07) is 32.9. The highest BCUT2D eigenvalue weighted by atomic mass is 16.5. The number of methoxy groups -OCH3 is 1. The molecule has 1 aliphatic carbocycles. The second-order valence-corrected chi connectivity index (χ2v) is 11.0. The molecular formula is C37H37N3O3. The second-order valence-electron chi connectivity index (χ2n) is 11.0. The summed E-state index contributed by atoms with van der Waals surface area (Å²) in [6.07, 6.45) is 1.02. The lowest BCUT2D eigenvalue weighted by atomic mass is 9.78. The molecule has 6 rings (SSSR count).